The number of hydrogen-bond donors (Lipinski definition) is 3. The molecule has 1 aromatic carbocycles. The van der Waals surface area contributed by atoms with Crippen LogP contribution in [0.1, 0.15) is 36.6 Å². The van der Waals surface area contributed by atoms with Crippen LogP contribution in [0, 0.1) is 12.8 Å². The second-order valence-corrected chi connectivity index (χ2v) is 6.89. The molecule has 0 amide bonds. The Balaban J connectivity index is 0.00000392. The van der Waals surface area contributed by atoms with Gasteiger partial charge >= 0.3 is 0 Å². The normalized spacial score (nSPS) is 12.2. The topological polar surface area (TPSA) is 69.5 Å². The Morgan fingerprint density at radius 2 is 1.93 bits per heavy atom. The molecule has 28 heavy (non-hydrogen) atoms. The van der Waals surface area contributed by atoms with Crippen molar-refractivity contribution in [2.24, 2.45) is 10.9 Å². The summed E-state index contributed by atoms with van der Waals surface area (Å²) in [7, 11) is 0. The van der Waals surface area contributed by atoms with Gasteiger partial charge in [0.2, 0.25) is 0 Å². The Kier molecular flexibility index (Phi) is 12.5. The number of aliphatic hydroxyl groups is 1. The molecule has 1 unspecified atom stereocenters. The number of aryl methyl sites for hydroxylation is 1. The maximum Gasteiger partial charge on any atom is 0.191 e. The lowest BCUT2D eigenvalue weighted by atomic mass is 10.0. The van der Waals surface area contributed by atoms with Crippen molar-refractivity contribution in [2.45, 2.75) is 39.7 Å². The number of hydrogen-bond acceptors (Lipinski definition) is 3. The molecule has 154 valence electrons. The minimum Gasteiger partial charge on any atom is -0.396 e. The first-order valence-electron chi connectivity index (χ1n) is 9.79. The summed E-state index contributed by atoms with van der Waals surface area (Å²) < 4.78 is 0. The second-order valence-electron chi connectivity index (χ2n) is 6.89. The lowest BCUT2D eigenvalue weighted by Gasteiger charge is -2.18. The van der Waals surface area contributed by atoms with Crippen LogP contribution in [-0.4, -0.2) is 35.7 Å². The van der Waals surface area contributed by atoms with Crippen LogP contribution in [0.2, 0.25) is 0 Å². The van der Waals surface area contributed by atoms with Gasteiger partial charge in [-0.15, -0.1) is 24.0 Å². The monoisotopic (exact) mass is 496 g/mol. The van der Waals surface area contributed by atoms with Crippen LogP contribution in [0.4, 0.5) is 0 Å². The van der Waals surface area contributed by atoms with Gasteiger partial charge in [0.15, 0.2) is 5.96 Å². The Labute approximate surface area is 186 Å². The number of rotatable bonds is 10. The Bertz CT molecular complexity index is 677. The lowest BCUT2D eigenvalue weighted by Crippen LogP contribution is -2.41. The molecule has 3 N–H and O–H groups in total. The van der Waals surface area contributed by atoms with Gasteiger partial charge in [-0.2, -0.15) is 0 Å². The van der Waals surface area contributed by atoms with Gasteiger partial charge in [0.05, 0.1) is 6.54 Å². The quantitative estimate of drug-likeness (QED) is 0.203. The van der Waals surface area contributed by atoms with E-state index in [2.05, 4.69) is 53.7 Å². The molecule has 0 aliphatic carbocycles. The molecule has 6 heteroatoms. The molecule has 0 spiro atoms. The van der Waals surface area contributed by atoms with Crippen LogP contribution >= 0.6 is 24.0 Å². The van der Waals surface area contributed by atoms with E-state index in [9.17, 15) is 5.11 Å². The third kappa shape index (κ3) is 9.50. The predicted octanol–water partition coefficient (Wildman–Crippen LogP) is 3.69. The van der Waals surface area contributed by atoms with Crippen LogP contribution in [0.3, 0.4) is 0 Å². The minimum absolute atomic E-state index is 0. The summed E-state index contributed by atoms with van der Waals surface area (Å²) in [6.45, 7) is 6.55. The molecule has 1 atom stereocenters. The van der Waals surface area contributed by atoms with E-state index in [4.69, 9.17) is 4.99 Å². The number of benzene rings is 1. The van der Waals surface area contributed by atoms with Gasteiger partial charge in [-0.05, 0) is 37.5 Å². The number of aliphatic imine (C=N–C) groups is 1. The van der Waals surface area contributed by atoms with Crippen LogP contribution in [0.15, 0.2) is 53.7 Å². The summed E-state index contributed by atoms with van der Waals surface area (Å²) in [5, 5.41) is 16.5. The van der Waals surface area contributed by atoms with Crippen LogP contribution < -0.4 is 10.6 Å². The summed E-state index contributed by atoms with van der Waals surface area (Å²) in [6.07, 6.45) is 4.77. The first-order chi connectivity index (χ1) is 13.2. The van der Waals surface area contributed by atoms with Gasteiger partial charge in [-0.1, -0.05) is 49.2 Å². The molecular weight excluding hydrogens is 463 g/mol. The summed E-state index contributed by atoms with van der Waals surface area (Å²) in [5.74, 6) is 0.890. The van der Waals surface area contributed by atoms with Crippen LogP contribution in [0.5, 0.6) is 0 Å². The lowest BCUT2D eigenvalue weighted by molar-refractivity contribution is 0.225. The second kappa shape index (κ2) is 14.3. The average Bonchev–Trinajstić information content (AvgIpc) is 2.70. The SMILES string of the molecule is CCCCNC(=NCc1ccc(C)cc1)NCC(CO)Cc1ccccn1.I. The summed E-state index contributed by atoms with van der Waals surface area (Å²) in [5.41, 5.74) is 3.43. The summed E-state index contributed by atoms with van der Waals surface area (Å²) in [4.78, 5) is 9.06. The van der Waals surface area contributed by atoms with Gasteiger partial charge in [0.1, 0.15) is 0 Å². The van der Waals surface area contributed by atoms with Crippen molar-refractivity contribution in [3.05, 3.63) is 65.5 Å². The molecule has 2 aromatic rings. The van der Waals surface area contributed by atoms with Crippen LogP contribution in [0.25, 0.3) is 0 Å². The minimum atomic E-state index is 0. The number of unbranched alkanes of at least 4 members (excludes halogenated alkanes) is 1. The van der Waals surface area contributed by atoms with E-state index in [0.29, 0.717) is 13.1 Å². The molecule has 0 saturated carbocycles. The van der Waals surface area contributed by atoms with Crippen molar-refractivity contribution >= 4 is 29.9 Å². The third-order valence-corrected chi connectivity index (χ3v) is 4.40. The molecule has 1 aromatic heterocycles. The zero-order chi connectivity index (χ0) is 19.3. The number of halogens is 1. The fraction of sp³-hybridized carbons (Fsp3) is 0.455. The van der Waals surface area contributed by atoms with Crippen molar-refractivity contribution < 1.29 is 5.11 Å². The van der Waals surface area contributed by atoms with Crippen molar-refractivity contribution in [1.29, 1.82) is 0 Å². The van der Waals surface area contributed by atoms with E-state index in [0.717, 1.165) is 37.5 Å². The molecule has 5 nitrogen and oxygen atoms in total. The van der Waals surface area contributed by atoms with Crippen molar-refractivity contribution in [1.82, 2.24) is 15.6 Å². The zero-order valence-electron chi connectivity index (χ0n) is 16.9. The zero-order valence-corrected chi connectivity index (χ0v) is 19.2. The molecule has 0 radical (unpaired) electrons. The van der Waals surface area contributed by atoms with Crippen molar-refractivity contribution in [3.8, 4) is 0 Å². The largest absolute Gasteiger partial charge is 0.396 e. The molecule has 2 rings (SSSR count). The molecule has 0 fully saturated rings. The highest BCUT2D eigenvalue weighted by atomic mass is 127. The molecule has 0 aliphatic rings. The van der Waals surface area contributed by atoms with E-state index in [1.807, 2.05) is 18.2 Å². The van der Waals surface area contributed by atoms with E-state index >= 15 is 0 Å². The van der Waals surface area contributed by atoms with Gasteiger partial charge in [-0.25, -0.2) is 4.99 Å². The number of aromatic nitrogens is 1. The van der Waals surface area contributed by atoms with E-state index < -0.39 is 0 Å². The van der Waals surface area contributed by atoms with Crippen LogP contribution in [-0.2, 0) is 13.0 Å². The first kappa shape index (κ1) is 24.4. The van der Waals surface area contributed by atoms with Gasteiger partial charge < -0.3 is 15.7 Å². The Morgan fingerprint density at radius 1 is 1.14 bits per heavy atom. The fourth-order valence-corrected chi connectivity index (χ4v) is 2.68. The maximum atomic E-state index is 9.72. The van der Waals surface area contributed by atoms with Crippen molar-refractivity contribution in [3.63, 3.8) is 0 Å². The highest BCUT2D eigenvalue weighted by Crippen LogP contribution is 2.06. The Hall–Kier alpha value is -1.67. The van der Waals surface area contributed by atoms with E-state index in [-0.39, 0.29) is 36.5 Å². The maximum absolute atomic E-state index is 9.72. The van der Waals surface area contributed by atoms with E-state index in [1.165, 1.54) is 11.1 Å². The molecule has 0 bridgehead atoms. The molecular formula is C22H33IN4O. The smallest absolute Gasteiger partial charge is 0.191 e. The summed E-state index contributed by atoms with van der Waals surface area (Å²) in [6, 6.07) is 14.3. The number of pyridine rings is 1. The average molecular weight is 496 g/mol. The Morgan fingerprint density at radius 3 is 2.57 bits per heavy atom. The first-order valence-corrected chi connectivity index (χ1v) is 9.79. The van der Waals surface area contributed by atoms with Gasteiger partial charge in [-0.3, -0.25) is 4.98 Å². The number of nitrogens with zero attached hydrogens (tertiary/aromatic N) is 2. The summed E-state index contributed by atoms with van der Waals surface area (Å²) >= 11 is 0. The number of nitrogens with one attached hydrogen (secondary N) is 2. The van der Waals surface area contributed by atoms with Crippen molar-refractivity contribution in [2.75, 3.05) is 19.7 Å². The van der Waals surface area contributed by atoms with E-state index in [1.54, 1.807) is 6.20 Å². The highest BCUT2D eigenvalue weighted by molar-refractivity contribution is 14.0. The van der Waals surface area contributed by atoms with Gasteiger partial charge in [0, 0.05) is 37.5 Å². The molecule has 0 saturated heterocycles. The number of aliphatic hydroxyl groups excluding tert-OH is 1. The fourth-order valence-electron chi connectivity index (χ4n) is 2.68. The highest BCUT2D eigenvalue weighted by Gasteiger charge is 2.10. The molecule has 0 aliphatic heterocycles. The predicted molar refractivity (Wildman–Crippen MR) is 127 cm³/mol. The standard InChI is InChI=1S/C22H32N4O.HI/c1-3-4-12-24-22(25-15-19-10-8-18(2)9-11-19)26-16-20(17-27)14-21-7-5-6-13-23-21;/h5-11,13,20,27H,3-4,12,14-17H2,1-2H3,(H2,24,25,26);1H. The van der Waals surface area contributed by atoms with Gasteiger partial charge in [0.25, 0.3) is 0 Å². The third-order valence-electron chi connectivity index (χ3n) is 4.40. The number of guanidine groups is 1. The molecule has 1 heterocycles.